The number of rotatable bonds is 6. The second kappa shape index (κ2) is 8.65. The lowest BCUT2D eigenvalue weighted by Crippen LogP contribution is -2.32. The summed E-state index contributed by atoms with van der Waals surface area (Å²) in [6.45, 7) is 5.50. The van der Waals surface area contributed by atoms with Crippen LogP contribution in [0.1, 0.15) is 41.4 Å². The lowest BCUT2D eigenvalue weighted by Gasteiger charge is -2.25. The zero-order valence-electron chi connectivity index (χ0n) is 16.0. The molecule has 0 spiro atoms. The van der Waals surface area contributed by atoms with E-state index < -0.39 is 6.03 Å². The predicted molar refractivity (Wildman–Crippen MR) is 105 cm³/mol. The Morgan fingerprint density at radius 3 is 2.36 bits per heavy atom. The number of nitrogens with two attached hydrogens (primary N) is 1. The molecule has 0 saturated carbocycles. The molecule has 7 nitrogen and oxygen atoms in total. The molecule has 2 aromatic carbocycles. The highest BCUT2D eigenvalue weighted by Gasteiger charge is 2.22. The standard InChI is InChI=1S/C21H25N3O4/c1-13(2)19(16-7-8-17-18(11-16)28-10-9-27-17)24-20(25)15-5-3-14(4-6-15)12-23-21(22)26/h3-8,11,13,19H,9-10,12H2,1-2H3,(H,24,25)(H3,22,23,26). The maximum Gasteiger partial charge on any atom is 0.312 e. The second-order valence-electron chi connectivity index (χ2n) is 7.01. The van der Waals surface area contributed by atoms with Crippen LogP contribution in [-0.4, -0.2) is 25.2 Å². The highest BCUT2D eigenvalue weighted by molar-refractivity contribution is 5.94. The van der Waals surface area contributed by atoms with Crippen molar-refractivity contribution in [2.45, 2.75) is 26.4 Å². The molecule has 3 rings (SSSR count). The summed E-state index contributed by atoms with van der Waals surface area (Å²) in [4.78, 5) is 23.5. The van der Waals surface area contributed by atoms with Gasteiger partial charge in [0.1, 0.15) is 13.2 Å². The second-order valence-corrected chi connectivity index (χ2v) is 7.01. The van der Waals surface area contributed by atoms with Gasteiger partial charge in [-0.25, -0.2) is 4.79 Å². The largest absolute Gasteiger partial charge is 0.486 e. The van der Waals surface area contributed by atoms with E-state index in [4.69, 9.17) is 15.2 Å². The van der Waals surface area contributed by atoms with Gasteiger partial charge in [-0.1, -0.05) is 32.0 Å². The molecule has 4 N–H and O–H groups in total. The molecule has 1 unspecified atom stereocenters. The third kappa shape index (κ3) is 4.73. The van der Waals surface area contributed by atoms with Crippen LogP contribution in [0.2, 0.25) is 0 Å². The number of fused-ring (bicyclic) bond motifs is 1. The molecule has 0 fully saturated rings. The molecule has 0 aliphatic carbocycles. The summed E-state index contributed by atoms with van der Waals surface area (Å²) in [6, 6.07) is 12.1. The SMILES string of the molecule is CC(C)C(NC(=O)c1ccc(CNC(N)=O)cc1)c1ccc2c(c1)OCCO2. The van der Waals surface area contributed by atoms with E-state index in [1.165, 1.54) is 0 Å². The summed E-state index contributed by atoms with van der Waals surface area (Å²) in [5, 5.41) is 5.62. The van der Waals surface area contributed by atoms with Gasteiger partial charge in [0, 0.05) is 12.1 Å². The zero-order valence-corrected chi connectivity index (χ0v) is 16.0. The topological polar surface area (TPSA) is 103 Å². The molecule has 0 aromatic heterocycles. The average Bonchev–Trinajstić information content (AvgIpc) is 2.70. The summed E-state index contributed by atoms with van der Waals surface area (Å²) in [7, 11) is 0. The maximum absolute atomic E-state index is 12.7. The Morgan fingerprint density at radius 1 is 1.04 bits per heavy atom. The van der Waals surface area contributed by atoms with E-state index in [0.29, 0.717) is 31.1 Å². The number of hydrogen-bond donors (Lipinski definition) is 3. The number of ether oxygens (including phenoxy) is 2. The molecule has 1 aliphatic heterocycles. The first-order chi connectivity index (χ1) is 13.4. The van der Waals surface area contributed by atoms with Crippen molar-refractivity contribution in [2.24, 2.45) is 11.7 Å². The normalized spacial score (nSPS) is 13.7. The average molecular weight is 383 g/mol. The molecule has 1 heterocycles. The summed E-state index contributed by atoms with van der Waals surface area (Å²) in [5.41, 5.74) is 7.45. The van der Waals surface area contributed by atoms with Crippen molar-refractivity contribution in [3.05, 3.63) is 59.2 Å². The minimum absolute atomic E-state index is 0.164. The zero-order chi connectivity index (χ0) is 20.1. The molecule has 1 aliphatic rings. The van der Waals surface area contributed by atoms with E-state index in [1.807, 2.05) is 18.2 Å². The van der Waals surface area contributed by atoms with Gasteiger partial charge < -0.3 is 25.8 Å². The van der Waals surface area contributed by atoms with Gasteiger partial charge in [0.05, 0.1) is 6.04 Å². The quantitative estimate of drug-likeness (QED) is 0.714. The molecule has 7 heteroatoms. The van der Waals surface area contributed by atoms with E-state index in [0.717, 1.165) is 16.9 Å². The Hall–Kier alpha value is -3.22. The Morgan fingerprint density at radius 2 is 1.71 bits per heavy atom. The Labute approximate surface area is 164 Å². The summed E-state index contributed by atoms with van der Waals surface area (Å²) < 4.78 is 11.2. The van der Waals surface area contributed by atoms with Crippen molar-refractivity contribution in [1.82, 2.24) is 10.6 Å². The van der Waals surface area contributed by atoms with E-state index in [9.17, 15) is 9.59 Å². The monoisotopic (exact) mass is 383 g/mol. The first kappa shape index (κ1) is 19.5. The van der Waals surface area contributed by atoms with Crippen molar-refractivity contribution in [2.75, 3.05) is 13.2 Å². The van der Waals surface area contributed by atoms with Gasteiger partial charge in [-0.3, -0.25) is 4.79 Å². The van der Waals surface area contributed by atoms with Crippen molar-refractivity contribution < 1.29 is 19.1 Å². The van der Waals surface area contributed by atoms with Crippen LogP contribution in [-0.2, 0) is 6.54 Å². The number of nitrogens with one attached hydrogen (secondary N) is 2. The summed E-state index contributed by atoms with van der Waals surface area (Å²) >= 11 is 0. The van der Waals surface area contributed by atoms with Gasteiger partial charge in [-0.15, -0.1) is 0 Å². The third-order valence-corrected chi connectivity index (χ3v) is 4.56. The molecule has 2 aromatic rings. The van der Waals surface area contributed by atoms with Crippen molar-refractivity contribution >= 4 is 11.9 Å². The van der Waals surface area contributed by atoms with Crippen molar-refractivity contribution in [3.8, 4) is 11.5 Å². The molecule has 3 amide bonds. The first-order valence-corrected chi connectivity index (χ1v) is 9.26. The Kier molecular flexibility index (Phi) is 6.03. The van der Waals surface area contributed by atoms with Crippen LogP contribution in [0.5, 0.6) is 11.5 Å². The van der Waals surface area contributed by atoms with Crippen LogP contribution in [0.4, 0.5) is 4.79 Å². The molecule has 0 bridgehead atoms. The number of benzene rings is 2. The lowest BCUT2D eigenvalue weighted by molar-refractivity contribution is 0.0925. The number of hydrogen-bond acceptors (Lipinski definition) is 4. The van der Waals surface area contributed by atoms with Crippen LogP contribution in [0.3, 0.4) is 0 Å². The smallest absolute Gasteiger partial charge is 0.312 e. The van der Waals surface area contributed by atoms with E-state index in [2.05, 4.69) is 24.5 Å². The number of urea groups is 1. The molecule has 28 heavy (non-hydrogen) atoms. The van der Waals surface area contributed by atoms with E-state index >= 15 is 0 Å². The highest BCUT2D eigenvalue weighted by Crippen LogP contribution is 2.34. The number of amides is 3. The first-order valence-electron chi connectivity index (χ1n) is 9.26. The number of primary amides is 1. The van der Waals surface area contributed by atoms with Gasteiger partial charge in [0.2, 0.25) is 0 Å². The molecule has 148 valence electrons. The number of carbonyl (C=O) groups is 2. The predicted octanol–water partition coefficient (Wildman–Crippen LogP) is 2.75. The summed E-state index contributed by atoms with van der Waals surface area (Å²) in [5.74, 6) is 1.45. The van der Waals surface area contributed by atoms with Crippen molar-refractivity contribution in [3.63, 3.8) is 0 Å². The molecule has 0 radical (unpaired) electrons. The molecular formula is C21H25N3O4. The van der Waals surface area contributed by atoms with Gasteiger partial charge in [0.25, 0.3) is 5.91 Å². The fourth-order valence-corrected chi connectivity index (χ4v) is 3.08. The molecular weight excluding hydrogens is 358 g/mol. The fourth-order valence-electron chi connectivity index (χ4n) is 3.08. The van der Waals surface area contributed by atoms with Crippen LogP contribution >= 0.6 is 0 Å². The minimum Gasteiger partial charge on any atom is -0.486 e. The maximum atomic E-state index is 12.7. The van der Waals surface area contributed by atoms with Crippen LogP contribution in [0.15, 0.2) is 42.5 Å². The Balaban J connectivity index is 1.72. The minimum atomic E-state index is -0.582. The van der Waals surface area contributed by atoms with Gasteiger partial charge in [-0.05, 0) is 41.3 Å². The summed E-state index contributed by atoms with van der Waals surface area (Å²) in [6.07, 6.45) is 0. The van der Waals surface area contributed by atoms with E-state index in [-0.39, 0.29) is 17.9 Å². The highest BCUT2D eigenvalue weighted by atomic mass is 16.6. The van der Waals surface area contributed by atoms with E-state index in [1.54, 1.807) is 24.3 Å². The van der Waals surface area contributed by atoms with Gasteiger partial charge >= 0.3 is 6.03 Å². The van der Waals surface area contributed by atoms with Gasteiger partial charge in [-0.2, -0.15) is 0 Å². The Bertz CT molecular complexity index is 849. The van der Waals surface area contributed by atoms with Gasteiger partial charge in [0.15, 0.2) is 11.5 Å². The van der Waals surface area contributed by atoms with Crippen molar-refractivity contribution in [1.29, 1.82) is 0 Å². The van der Waals surface area contributed by atoms with Crippen LogP contribution < -0.4 is 25.8 Å². The molecule has 1 atom stereocenters. The lowest BCUT2D eigenvalue weighted by atomic mass is 9.95. The van der Waals surface area contributed by atoms with Crippen LogP contribution in [0, 0.1) is 5.92 Å². The fraction of sp³-hybridized carbons (Fsp3) is 0.333. The van der Waals surface area contributed by atoms with Crippen LogP contribution in [0.25, 0.3) is 0 Å². The molecule has 0 saturated heterocycles. The number of carbonyl (C=O) groups excluding carboxylic acids is 2. The third-order valence-electron chi connectivity index (χ3n) is 4.56.